The van der Waals surface area contributed by atoms with Crippen molar-refractivity contribution in [3.8, 4) is 0 Å². The fraction of sp³-hybridized carbons (Fsp3) is 0.333. The number of hydrogen-bond acceptors (Lipinski definition) is 0. The van der Waals surface area contributed by atoms with Crippen LogP contribution in [0.3, 0.4) is 0 Å². The lowest BCUT2D eigenvalue weighted by molar-refractivity contribution is 0.911. The summed E-state index contributed by atoms with van der Waals surface area (Å²) in [6.07, 6.45) is 2.31. The van der Waals surface area contributed by atoms with Gasteiger partial charge in [0.05, 0.1) is 0 Å². The number of nitrogens with one attached hydrogen (secondary N) is 1. The Hall–Kier alpha value is -0.760. The van der Waals surface area contributed by atoms with Gasteiger partial charge in [0.2, 0.25) is 0 Å². The Morgan fingerprint density at radius 3 is 2.93 bits per heavy atom. The first-order chi connectivity index (χ1) is 6.79. The van der Waals surface area contributed by atoms with Crippen molar-refractivity contribution in [2.45, 2.75) is 19.8 Å². The molecule has 1 aromatic carbocycles. The number of fused-ring (bicyclic) bond motifs is 1. The molecular weight excluding hydrogens is 238 g/mol. The molecule has 0 atom stereocenters. The van der Waals surface area contributed by atoms with E-state index in [1.54, 1.807) is 0 Å². The van der Waals surface area contributed by atoms with Gasteiger partial charge in [0.15, 0.2) is 0 Å². The molecule has 0 aliphatic heterocycles. The van der Waals surface area contributed by atoms with Gasteiger partial charge in [-0.3, -0.25) is 0 Å². The molecule has 0 amide bonds. The second kappa shape index (κ2) is 4.18. The minimum absolute atomic E-state index is 1.07. The Morgan fingerprint density at radius 1 is 1.29 bits per heavy atom. The van der Waals surface area contributed by atoms with Gasteiger partial charge in [-0.2, -0.15) is 0 Å². The fourth-order valence-corrected chi connectivity index (χ4v) is 1.97. The van der Waals surface area contributed by atoms with Crippen molar-refractivity contribution in [2.24, 2.45) is 0 Å². The first kappa shape index (κ1) is 9.78. The Labute approximate surface area is 92.6 Å². The molecule has 0 aliphatic carbocycles. The zero-order valence-corrected chi connectivity index (χ0v) is 9.89. The van der Waals surface area contributed by atoms with Gasteiger partial charge >= 0.3 is 0 Å². The van der Waals surface area contributed by atoms with Crippen LogP contribution in [0, 0.1) is 6.92 Å². The van der Waals surface area contributed by atoms with E-state index in [9.17, 15) is 0 Å². The summed E-state index contributed by atoms with van der Waals surface area (Å²) >= 11 is 3.45. The highest BCUT2D eigenvalue weighted by atomic mass is 79.9. The van der Waals surface area contributed by atoms with E-state index in [0.717, 1.165) is 11.8 Å². The van der Waals surface area contributed by atoms with Crippen molar-refractivity contribution in [1.82, 2.24) is 4.98 Å². The average molecular weight is 252 g/mol. The van der Waals surface area contributed by atoms with Crippen LogP contribution >= 0.6 is 15.9 Å². The monoisotopic (exact) mass is 251 g/mol. The topological polar surface area (TPSA) is 15.8 Å². The minimum Gasteiger partial charge on any atom is -0.358 e. The lowest BCUT2D eigenvalue weighted by atomic mass is 10.2. The molecule has 2 heteroatoms. The first-order valence-electron chi connectivity index (χ1n) is 4.94. The number of aryl methyl sites for hydroxylation is 2. The maximum Gasteiger partial charge on any atom is 0.0458 e. The third-order valence-electron chi connectivity index (χ3n) is 2.41. The van der Waals surface area contributed by atoms with Gasteiger partial charge in [0.1, 0.15) is 0 Å². The summed E-state index contributed by atoms with van der Waals surface area (Å²) in [7, 11) is 0. The summed E-state index contributed by atoms with van der Waals surface area (Å²) in [5.74, 6) is 0. The van der Waals surface area contributed by atoms with Crippen LogP contribution in [0.4, 0.5) is 0 Å². The SMILES string of the molecule is Cc1ccc2cc(CCCBr)[nH]c2c1. The van der Waals surface area contributed by atoms with Crippen LogP contribution in [0.1, 0.15) is 17.7 Å². The van der Waals surface area contributed by atoms with E-state index in [-0.39, 0.29) is 0 Å². The Bertz CT molecular complexity index is 431. The first-order valence-corrected chi connectivity index (χ1v) is 6.06. The summed E-state index contributed by atoms with van der Waals surface area (Å²) in [6.45, 7) is 2.12. The molecule has 1 aromatic heterocycles. The van der Waals surface area contributed by atoms with E-state index in [4.69, 9.17) is 0 Å². The van der Waals surface area contributed by atoms with Crippen LogP contribution < -0.4 is 0 Å². The molecule has 74 valence electrons. The third-order valence-corrected chi connectivity index (χ3v) is 2.97. The van der Waals surface area contributed by atoms with Crippen molar-refractivity contribution in [3.63, 3.8) is 0 Å². The number of alkyl halides is 1. The van der Waals surface area contributed by atoms with Crippen LogP contribution in [-0.2, 0) is 6.42 Å². The van der Waals surface area contributed by atoms with Crippen LogP contribution in [0.25, 0.3) is 10.9 Å². The Morgan fingerprint density at radius 2 is 2.14 bits per heavy atom. The van der Waals surface area contributed by atoms with E-state index in [2.05, 4.69) is 52.1 Å². The summed E-state index contributed by atoms with van der Waals surface area (Å²) in [4.78, 5) is 3.45. The van der Waals surface area contributed by atoms with Gasteiger partial charge in [-0.05, 0) is 42.8 Å². The van der Waals surface area contributed by atoms with E-state index >= 15 is 0 Å². The molecule has 0 saturated carbocycles. The summed E-state index contributed by atoms with van der Waals surface area (Å²) in [6, 6.07) is 8.79. The second-order valence-electron chi connectivity index (χ2n) is 3.68. The quantitative estimate of drug-likeness (QED) is 0.799. The van der Waals surface area contributed by atoms with Crippen LogP contribution in [-0.4, -0.2) is 10.3 Å². The maximum atomic E-state index is 3.45. The summed E-state index contributed by atoms with van der Waals surface area (Å²) < 4.78 is 0. The second-order valence-corrected chi connectivity index (χ2v) is 4.47. The molecule has 2 aromatic rings. The van der Waals surface area contributed by atoms with Crippen molar-refractivity contribution >= 4 is 26.8 Å². The zero-order chi connectivity index (χ0) is 9.97. The van der Waals surface area contributed by atoms with Crippen molar-refractivity contribution in [1.29, 1.82) is 0 Å². The van der Waals surface area contributed by atoms with Gasteiger partial charge in [0.25, 0.3) is 0 Å². The van der Waals surface area contributed by atoms with Crippen molar-refractivity contribution < 1.29 is 0 Å². The van der Waals surface area contributed by atoms with E-state index in [0.29, 0.717) is 0 Å². The number of benzene rings is 1. The van der Waals surface area contributed by atoms with Gasteiger partial charge in [0, 0.05) is 16.5 Å². The van der Waals surface area contributed by atoms with E-state index in [1.165, 1.54) is 28.6 Å². The molecule has 2 rings (SSSR count). The van der Waals surface area contributed by atoms with Crippen LogP contribution in [0.2, 0.25) is 0 Å². The van der Waals surface area contributed by atoms with Crippen molar-refractivity contribution in [3.05, 3.63) is 35.5 Å². The number of aromatic nitrogens is 1. The van der Waals surface area contributed by atoms with E-state index in [1.807, 2.05) is 0 Å². The van der Waals surface area contributed by atoms with Gasteiger partial charge in [-0.25, -0.2) is 0 Å². The number of aromatic amines is 1. The van der Waals surface area contributed by atoms with Crippen LogP contribution in [0.15, 0.2) is 24.3 Å². The normalized spacial score (nSPS) is 11.0. The Kier molecular flexibility index (Phi) is 2.92. The average Bonchev–Trinajstić information content (AvgIpc) is 2.56. The molecular formula is C12H14BrN. The minimum atomic E-state index is 1.07. The van der Waals surface area contributed by atoms with Gasteiger partial charge in [-0.1, -0.05) is 28.1 Å². The smallest absolute Gasteiger partial charge is 0.0458 e. The standard InChI is InChI=1S/C12H14BrN/c1-9-4-5-10-8-11(3-2-6-13)14-12(10)7-9/h4-5,7-8,14H,2-3,6H2,1H3. The molecule has 1 heterocycles. The molecule has 0 bridgehead atoms. The molecule has 1 nitrogen and oxygen atoms in total. The molecule has 14 heavy (non-hydrogen) atoms. The van der Waals surface area contributed by atoms with E-state index < -0.39 is 0 Å². The highest BCUT2D eigenvalue weighted by Crippen LogP contribution is 2.17. The summed E-state index contributed by atoms with van der Waals surface area (Å²) in [5.41, 5.74) is 3.91. The highest BCUT2D eigenvalue weighted by molar-refractivity contribution is 9.09. The molecule has 0 unspecified atom stereocenters. The highest BCUT2D eigenvalue weighted by Gasteiger charge is 1.99. The Balaban J connectivity index is 2.32. The molecule has 0 radical (unpaired) electrons. The number of H-pyrrole nitrogens is 1. The van der Waals surface area contributed by atoms with Gasteiger partial charge in [-0.15, -0.1) is 0 Å². The maximum absolute atomic E-state index is 3.45. The molecule has 1 N–H and O–H groups in total. The molecule has 0 aliphatic rings. The molecule has 0 saturated heterocycles. The predicted octanol–water partition coefficient (Wildman–Crippen LogP) is 3.80. The molecule has 0 spiro atoms. The number of rotatable bonds is 3. The number of hydrogen-bond donors (Lipinski definition) is 1. The van der Waals surface area contributed by atoms with Crippen molar-refractivity contribution in [2.75, 3.05) is 5.33 Å². The zero-order valence-electron chi connectivity index (χ0n) is 8.31. The fourth-order valence-electron chi connectivity index (χ4n) is 1.69. The summed E-state index contributed by atoms with van der Waals surface area (Å²) in [5, 5.41) is 2.39. The van der Waals surface area contributed by atoms with Gasteiger partial charge < -0.3 is 4.98 Å². The third kappa shape index (κ3) is 2.01. The predicted molar refractivity (Wildman–Crippen MR) is 65.2 cm³/mol. The lowest BCUT2D eigenvalue weighted by Gasteiger charge is -1.92. The molecule has 0 fully saturated rings. The number of halogens is 1. The van der Waals surface area contributed by atoms with Crippen LogP contribution in [0.5, 0.6) is 0 Å². The largest absolute Gasteiger partial charge is 0.358 e. The lowest BCUT2D eigenvalue weighted by Crippen LogP contribution is -1.84.